The molecule has 0 saturated heterocycles. The van der Waals surface area contributed by atoms with Crippen molar-refractivity contribution in [2.45, 2.75) is 6.18 Å². The first-order valence-electron chi connectivity index (χ1n) is 5.20. The van der Waals surface area contributed by atoms with Crippen LogP contribution in [0.25, 0.3) is 11.1 Å². The molecule has 2 aromatic carbocycles. The minimum atomic E-state index is -4.33. The van der Waals surface area contributed by atoms with E-state index in [4.69, 9.17) is 11.5 Å². The van der Waals surface area contributed by atoms with Crippen molar-refractivity contribution in [3.63, 3.8) is 0 Å². The van der Waals surface area contributed by atoms with E-state index in [1.54, 1.807) is 18.2 Å². The van der Waals surface area contributed by atoms with Crippen LogP contribution in [0.4, 0.5) is 24.5 Å². The third-order valence-electron chi connectivity index (χ3n) is 2.60. The number of benzene rings is 2. The summed E-state index contributed by atoms with van der Waals surface area (Å²) in [5.74, 6) is 0. The molecule has 0 aliphatic heterocycles. The Hall–Kier alpha value is -1.59. The first kappa shape index (κ1) is 18.4. The highest BCUT2D eigenvalue weighted by atomic mass is 35.5. The van der Waals surface area contributed by atoms with Gasteiger partial charge in [0.05, 0.1) is 5.56 Å². The van der Waals surface area contributed by atoms with Crippen LogP contribution in [0.5, 0.6) is 0 Å². The van der Waals surface area contributed by atoms with Gasteiger partial charge < -0.3 is 11.5 Å². The lowest BCUT2D eigenvalue weighted by Crippen LogP contribution is -2.04. The number of nitrogens with two attached hydrogens (primary N) is 2. The molecule has 0 amide bonds. The fraction of sp³-hybridized carbons (Fsp3) is 0.0769. The Labute approximate surface area is 126 Å². The summed E-state index contributed by atoms with van der Waals surface area (Å²) in [6.07, 6.45) is -4.33. The van der Waals surface area contributed by atoms with Gasteiger partial charge >= 0.3 is 6.18 Å². The van der Waals surface area contributed by atoms with Crippen molar-refractivity contribution >= 4 is 36.2 Å². The Kier molecular flexibility index (Phi) is 6.19. The average molecular weight is 325 g/mol. The van der Waals surface area contributed by atoms with E-state index >= 15 is 0 Å². The number of nitrogen functional groups attached to an aromatic ring is 2. The maximum atomic E-state index is 12.4. The molecule has 0 radical (unpaired) electrons. The molecule has 20 heavy (non-hydrogen) atoms. The predicted octanol–water partition coefficient (Wildman–Crippen LogP) is 4.38. The van der Waals surface area contributed by atoms with Gasteiger partial charge in [-0.25, -0.2) is 0 Å². The van der Waals surface area contributed by atoms with E-state index in [1.165, 1.54) is 12.1 Å². The fourth-order valence-electron chi connectivity index (χ4n) is 1.66. The minimum absolute atomic E-state index is 0. The van der Waals surface area contributed by atoms with Gasteiger partial charge in [-0.3, -0.25) is 0 Å². The van der Waals surface area contributed by atoms with Crippen molar-refractivity contribution in [1.29, 1.82) is 0 Å². The van der Waals surface area contributed by atoms with E-state index in [0.29, 0.717) is 22.5 Å². The second-order valence-electron chi connectivity index (χ2n) is 3.92. The second-order valence-corrected chi connectivity index (χ2v) is 3.92. The largest absolute Gasteiger partial charge is 0.416 e. The van der Waals surface area contributed by atoms with Crippen molar-refractivity contribution in [1.82, 2.24) is 0 Å². The zero-order valence-corrected chi connectivity index (χ0v) is 11.8. The van der Waals surface area contributed by atoms with Gasteiger partial charge in [-0.1, -0.05) is 12.1 Å². The van der Waals surface area contributed by atoms with E-state index in [2.05, 4.69) is 0 Å². The fourth-order valence-corrected chi connectivity index (χ4v) is 1.66. The molecular weight excluding hydrogens is 312 g/mol. The molecule has 0 atom stereocenters. The smallest absolute Gasteiger partial charge is 0.399 e. The van der Waals surface area contributed by atoms with Gasteiger partial charge in [0, 0.05) is 16.9 Å². The van der Waals surface area contributed by atoms with Gasteiger partial charge in [0.15, 0.2) is 0 Å². The monoisotopic (exact) mass is 324 g/mol. The predicted molar refractivity (Wildman–Crippen MR) is 80.2 cm³/mol. The molecule has 0 saturated carbocycles. The number of halogens is 5. The van der Waals surface area contributed by atoms with Crippen molar-refractivity contribution < 1.29 is 13.2 Å². The van der Waals surface area contributed by atoms with E-state index < -0.39 is 11.7 Å². The third kappa shape index (κ3) is 3.95. The zero-order valence-electron chi connectivity index (χ0n) is 10.1. The van der Waals surface area contributed by atoms with Gasteiger partial charge in [0.2, 0.25) is 0 Å². The Bertz CT molecular complexity index is 569. The molecule has 0 spiro atoms. The molecule has 2 rings (SSSR count). The lowest BCUT2D eigenvalue weighted by molar-refractivity contribution is -0.137. The van der Waals surface area contributed by atoms with Crippen molar-refractivity contribution in [3.8, 4) is 11.1 Å². The third-order valence-corrected chi connectivity index (χ3v) is 2.60. The number of alkyl halides is 3. The van der Waals surface area contributed by atoms with Crippen molar-refractivity contribution in [2.24, 2.45) is 0 Å². The molecule has 2 nitrogen and oxygen atoms in total. The lowest BCUT2D eigenvalue weighted by atomic mass is 10.0. The van der Waals surface area contributed by atoms with Crippen LogP contribution in [0, 0.1) is 0 Å². The van der Waals surface area contributed by atoms with Crippen LogP contribution in [-0.2, 0) is 6.18 Å². The molecule has 2 aromatic rings. The highest BCUT2D eigenvalue weighted by molar-refractivity contribution is 5.85. The van der Waals surface area contributed by atoms with Crippen LogP contribution >= 0.6 is 24.8 Å². The minimum Gasteiger partial charge on any atom is -0.399 e. The van der Waals surface area contributed by atoms with E-state index in [1.807, 2.05) is 0 Å². The van der Waals surface area contributed by atoms with Crippen LogP contribution < -0.4 is 11.5 Å². The normalized spacial score (nSPS) is 10.3. The average Bonchev–Trinajstić information content (AvgIpc) is 2.31. The first-order valence-corrected chi connectivity index (χ1v) is 5.20. The molecule has 7 heteroatoms. The highest BCUT2D eigenvalue weighted by Crippen LogP contribution is 2.33. The topological polar surface area (TPSA) is 52.0 Å². The van der Waals surface area contributed by atoms with Crippen LogP contribution in [0.15, 0.2) is 42.5 Å². The Morgan fingerprint density at radius 3 is 1.85 bits per heavy atom. The van der Waals surface area contributed by atoms with Gasteiger partial charge in [0.1, 0.15) is 0 Å². The van der Waals surface area contributed by atoms with Crippen LogP contribution in [0.1, 0.15) is 5.56 Å². The van der Waals surface area contributed by atoms with Crippen LogP contribution in [0.2, 0.25) is 0 Å². The summed E-state index contributed by atoms with van der Waals surface area (Å²) < 4.78 is 37.3. The molecule has 110 valence electrons. The second kappa shape index (κ2) is 6.72. The molecule has 0 aromatic heterocycles. The molecule has 0 aliphatic rings. The summed E-state index contributed by atoms with van der Waals surface area (Å²) in [5.41, 5.74) is 12.9. The molecule has 0 unspecified atom stereocenters. The van der Waals surface area contributed by atoms with Gasteiger partial charge in [-0.15, -0.1) is 24.8 Å². The van der Waals surface area contributed by atoms with E-state index in [9.17, 15) is 13.2 Å². The number of hydrogen-bond acceptors (Lipinski definition) is 2. The van der Waals surface area contributed by atoms with Gasteiger partial charge in [-0.05, 0) is 35.9 Å². The van der Waals surface area contributed by atoms with E-state index in [-0.39, 0.29) is 24.8 Å². The quantitative estimate of drug-likeness (QED) is 0.765. The van der Waals surface area contributed by atoms with Gasteiger partial charge in [-0.2, -0.15) is 13.2 Å². The van der Waals surface area contributed by atoms with Crippen LogP contribution in [0.3, 0.4) is 0 Å². The Balaban J connectivity index is 0.00000180. The summed E-state index contributed by atoms with van der Waals surface area (Å²) in [5, 5.41) is 0. The molecular formula is C13H13Cl2F3N2. The number of rotatable bonds is 1. The van der Waals surface area contributed by atoms with Crippen LogP contribution in [-0.4, -0.2) is 0 Å². The maximum Gasteiger partial charge on any atom is 0.416 e. The molecule has 4 N–H and O–H groups in total. The summed E-state index contributed by atoms with van der Waals surface area (Å²) in [4.78, 5) is 0. The molecule has 0 aliphatic carbocycles. The number of anilines is 2. The summed E-state index contributed by atoms with van der Waals surface area (Å²) in [7, 11) is 0. The van der Waals surface area contributed by atoms with Crippen molar-refractivity contribution in [3.05, 3.63) is 48.0 Å². The molecule has 0 bridgehead atoms. The summed E-state index contributed by atoms with van der Waals surface area (Å²) in [6.45, 7) is 0. The maximum absolute atomic E-state index is 12.4. The summed E-state index contributed by atoms with van der Waals surface area (Å²) in [6, 6.07) is 9.72. The first-order chi connectivity index (χ1) is 8.38. The standard InChI is InChI=1S/C13H11F3N2.2ClH/c14-13(15,16)9-3-1-8(2-4-9)11-7-10(17)5-6-12(11)18;;/h1-7H,17-18H2;2*1H. The highest BCUT2D eigenvalue weighted by Gasteiger charge is 2.29. The molecule has 0 heterocycles. The van der Waals surface area contributed by atoms with Crippen molar-refractivity contribution in [2.75, 3.05) is 11.5 Å². The zero-order chi connectivity index (χ0) is 13.3. The molecule has 0 fully saturated rings. The van der Waals surface area contributed by atoms with Gasteiger partial charge in [0.25, 0.3) is 0 Å². The number of hydrogen-bond donors (Lipinski definition) is 2. The lowest BCUT2D eigenvalue weighted by Gasteiger charge is -2.10. The van der Waals surface area contributed by atoms with E-state index in [0.717, 1.165) is 12.1 Å². The Morgan fingerprint density at radius 2 is 1.35 bits per heavy atom. The SMILES string of the molecule is Cl.Cl.Nc1ccc(N)c(-c2ccc(C(F)(F)F)cc2)c1. The Morgan fingerprint density at radius 1 is 0.800 bits per heavy atom. The summed E-state index contributed by atoms with van der Waals surface area (Å²) >= 11 is 0.